The molecule has 0 heterocycles. The molecule has 36 heavy (non-hydrogen) atoms. The molecular weight excluding hydrogens is 456 g/mol. The minimum atomic E-state index is -1.29. The van der Waals surface area contributed by atoms with Gasteiger partial charge in [-0.1, -0.05) is 39.0 Å². The molecule has 4 N–H and O–H groups in total. The summed E-state index contributed by atoms with van der Waals surface area (Å²) in [4.78, 5) is 25.3. The number of allylic oxidation sites excluding steroid dienone is 1. The van der Waals surface area contributed by atoms with E-state index in [1.54, 1.807) is 13.8 Å². The molecule has 6 heteroatoms. The van der Waals surface area contributed by atoms with Crippen LogP contribution in [0.2, 0.25) is 0 Å². The topological polar surface area (TPSA) is 115 Å². The van der Waals surface area contributed by atoms with Crippen molar-refractivity contribution in [2.75, 3.05) is 0 Å². The minimum absolute atomic E-state index is 0.123. The van der Waals surface area contributed by atoms with E-state index in [-0.39, 0.29) is 28.1 Å². The van der Waals surface area contributed by atoms with Crippen molar-refractivity contribution in [3.8, 4) is 0 Å². The largest absolute Gasteiger partial charge is 0.481 e. The van der Waals surface area contributed by atoms with Crippen molar-refractivity contribution < 1.29 is 30.0 Å². The summed E-state index contributed by atoms with van der Waals surface area (Å²) in [5.74, 6) is -2.14. The van der Waals surface area contributed by atoms with Gasteiger partial charge in [-0.3, -0.25) is 9.59 Å². The molecule has 200 valence electrons. The molecule has 10 atom stereocenters. The predicted octanol–water partition coefficient (Wildman–Crippen LogP) is 5.19. The molecule has 0 bridgehead atoms. The summed E-state index contributed by atoms with van der Waals surface area (Å²) >= 11 is 0. The van der Waals surface area contributed by atoms with Crippen molar-refractivity contribution in [3.05, 3.63) is 23.8 Å². The van der Waals surface area contributed by atoms with E-state index in [0.29, 0.717) is 25.7 Å². The van der Waals surface area contributed by atoms with E-state index in [4.69, 9.17) is 0 Å². The van der Waals surface area contributed by atoms with Gasteiger partial charge in [0.15, 0.2) is 0 Å². The second-order valence-corrected chi connectivity index (χ2v) is 14.1. The highest BCUT2D eigenvalue weighted by Crippen LogP contribution is 2.76. The molecule has 10 unspecified atom stereocenters. The van der Waals surface area contributed by atoms with Gasteiger partial charge in [0, 0.05) is 5.92 Å². The number of hydrogen-bond donors (Lipinski definition) is 4. The average molecular weight is 501 g/mol. The highest BCUT2D eigenvalue weighted by molar-refractivity contribution is 5.78. The van der Waals surface area contributed by atoms with E-state index in [1.807, 2.05) is 0 Å². The van der Waals surface area contributed by atoms with Crippen LogP contribution in [0.4, 0.5) is 0 Å². The predicted molar refractivity (Wildman–Crippen MR) is 136 cm³/mol. The van der Waals surface area contributed by atoms with E-state index in [2.05, 4.69) is 33.4 Å². The van der Waals surface area contributed by atoms with Gasteiger partial charge < -0.3 is 20.4 Å². The molecule has 4 fully saturated rings. The Morgan fingerprint density at radius 1 is 0.917 bits per heavy atom. The Kier molecular flexibility index (Phi) is 5.39. The van der Waals surface area contributed by atoms with E-state index >= 15 is 0 Å². The molecule has 0 aromatic carbocycles. The lowest BCUT2D eigenvalue weighted by Crippen LogP contribution is -2.68. The molecule has 0 aromatic rings. The molecule has 5 rings (SSSR count). The fourth-order valence-electron chi connectivity index (χ4n) is 10.6. The monoisotopic (exact) mass is 500 g/mol. The number of aliphatic carboxylic acids is 2. The second-order valence-electron chi connectivity index (χ2n) is 14.1. The summed E-state index contributed by atoms with van der Waals surface area (Å²) in [7, 11) is 0. The van der Waals surface area contributed by atoms with Crippen molar-refractivity contribution >= 4 is 11.9 Å². The van der Waals surface area contributed by atoms with Crippen molar-refractivity contribution in [1.29, 1.82) is 0 Å². The molecule has 0 aliphatic heterocycles. The highest BCUT2D eigenvalue weighted by Gasteiger charge is 2.72. The van der Waals surface area contributed by atoms with E-state index in [1.165, 1.54) is 0 Å². The number of fused-ring (bicyclic) bond motifs is 7. The third-order valence-corrected chi connectivity index (χ3v) is 13.1. The molecule has 0 aromatic heterocycles. The Labute approximate surface area is 214 Å². The van der Waals surface area contributed by atoms with Crippen LogP contribution >= 0.6 is 0 Å². The third kappa shape index (κ3) is 2.76. The Hall–Kier alpha value is -1.66. The van der Waals surface area contributed by atoms with Gasteiger partial charge in [0.1, 0.15) is 0 Å². The molecule has 0 radical (unpaired) electrons. The van der Waals surface area contributed by atoms with Crippen LogP contribution in [0.1, 0.15) is 92.4 Å². The fraction of sp³-hybridized carbons (Fsp3) is 0.800. The molecule has 6 nitrogen and oxygen atoms in total. The van der Waals surface area contributed by atoms with Gasteiger partial charge in [-0.2, -0.15) is 0 Å². The number of hydrogen-bond acceptors (Lipinski definition) is 4. The van der Waals surface area contributed by atoms with Gasteiger partial charge in [-0.15, -0.1) is 0 Å². The zero-order valence-electron chi connectivity index (χ0n) is 22.6. The summed E-state index contributed by atoms with van der Waals surface area (Å²) in [6, 6.07) is 0. The van der Waals surface area contributed by atoms with E-state index in [0.717, 1.165) is 43.3 Å². The highest BCUT2D eigenvalue weighted by atomic mass is 16.4. The Balaban J connectivity index is 1.65. The molecule has 0 spiro atoms. The smallest absolute Gasteiger partial charge is 0.312 e. The molecule has 4 saturated carbocycles. The van der Waals surface area contributed by atoms with E-state index in [9.17, 15) is 30.0 Å². The summed E-state index contributed by atoms with van der Waals surface area (Å²) < 4.78 is 0. The molecule has 5 aliphatic carbocycles. The van der Waals surface area contributed by atoms with Gasteiger partial charge in [0.05, 0.1) is 22.5 Å². The van der Waals surface area contributed by atoms with Crippen LogP contribution in [0.5, 0.6) is 0 Å². The van der Waals surface area contributed by atoms with Crippen LogP contribution in [0, 0.1) is 44.8 Å². The summed E-state index contributed by atoms with van der Waals surface area (Å²) in [5.41, 5.74) is -2.35. The quantitative estimate of drug-likeness (QED) is 0.388. The van der Waals surface area contributed by atoms with Crippen molar-refractivity contribution in [2.45, 2.75) is 104 Å². The number of aliphatic hydroxyl groups is 2. The zero-order valence-corrected chi connectivity index (χ0v) is 22.6. The SMILES string of the molecule is C=C1CCC2(C(=O)O)CCC3(C)C(=CCC4C5(C)CCC(O)C(C)(C(=O)O)C5CCC43C)C2C1(C)O. The maximum atomic E-state index is 12.8. The number of carbonyl (C=O) groups is 2. The first-order valence-electron chi connectivity index (χ1n) is 13.8. The van der Waals surface area contributed by atoms with Crippen LogP contribution in [-0.4, -0.2) is 44.1 Å². The van der Waals surface area contributed by atoms with E-state index < -0.39 is 40.4 Å². The van der Waals surface area contributed by atoms with Crippen LogP contribution in [-0.2, 0) is 9.59 Å². The Bertz CT molecular complexity index is 1060. The maximum Gasteiger partial charge on any atom is 0.312 e. The maximum absolute atomic E-state index is 12.8. The van der Waals surface area contributed by atoms with Crippen molar-refractivity contribution in [2.24, 2.45) is 44.8 Å². The molecule has 5 aliphatic rings. The van der Waals surface area contributed by atoms with Gasteiger partial charge in [0.2, 0.25) is 0 Å². The lowest BCUT2D eigenvalue weighted by Gasteiger charge is -2.71. The van der Waals surface area contributed by atoms with Crippen LogP contribution in [0.3, 0.4) is 0 Å². The van der Waals surface area contributed by atoms with Gasteiger partial charge in [-0.25, -0.2) is 0 Å². The molecule has 0 amide bonds. The van der Waals surface area contributed by atoms with Crippen molar-refractivity contribution in [3.63, 3.8) is 0 Å². The summed E-state index contributed by atoms with van der Waals surface area (Å²) in [6.45, 7) is 14.5. The van der Waals surface area contributed by atoms with Gasteiger partial charge in [0.25, 0.3) is 0 Å². The average Bonchev–Trinajstić information content (AvgIpc) is 2.79. The minimum Gasteiger partial charge on any atom is -0.481 e. The number of rotatable bonds is 2. The Morgan fingerprint density at radius 3 is 2.19 bits per heavy atom. The van der Waals surface area contributed by atoms with Crippen LogP contribution < -0.4 is 0 Å². The summed E-state index contributed by atoms with van der Waals surface area (Å²) in [5, 5.41) is 43.4. The number of carboxylic acid groups (broad SMARTS) is 2. The number of carboxylic acids is 2. The second kappa shape index (κ2) is 7.47. The lowest BCUT2D eigenvalue weighted by atomic mass is 9.33. The first-order chi connectivity index (χ1) is 16.5. The van der Waals surface area contributed by atoms with Gasteiger partial charge >= 0.3 is 11.9 Å². The van der Waals surface area contributed by atoms with Crippen molar-refractivity contribution in [1.82, 2.24) is 0 Å². The normalized spacial score (nSPS) is 54.3. The standard InChI is InChI=1S/C30H44O6/c1-17-9-14-30(24(34)35)16-15-26(3)18(22(30)29(17,6)36)7-8-19-25(2)12-11-21(31)28(5,23(32)33)20(25)10-13-27(19,26)4/h7,19-22,31,36H,1,8-16H2,2-6H3,(H,32,33)(H,34,35). The first-order valence-corrected chi connectivity index (χ1v) is 13.8. The fourth-order valence-corrected chi connectivity index (χ4v) is 10.6. The Morgan fingerprint density at radius 2 is 1.58 bits per heavy atom. The first kappa shape index (κ1) is 26.0. The van der Waals surface area contributed by atoms with Crippen LogP contribution in [0.15, 0.2) is 23.8 Å². The summed E-state index contributed by atoms with van der Waals surface area (Å²) in [6.07, 6.45) is 7.26. The number of aliphatic hydroxyl groups excluding tert-OH is 1. The molecule has 0 saturated heterocycles. The lowest BCUT2D eigenvalue weighted by molar-refractivity contribution is -0.219. The van der Waals surface area contributed by atoms with Gasteiger partial charge in [-0.05, 0) is 105 Å². The zero-order chi connectivity index (χ0) is 26.7. The molecular formula is C30H44O6. The third-order valence-electron chi connectivity index (χ3n) is 13.1. The van der Waals surface area contributed by atoms with Crippen LogP contribution in [0.25, 0.3) is 0 Å².